The Labute approximate surface area is 109 Å². The molecule has 0 aliphatic heterocycles. The van der Waals surface area contributed by atoms with E-state index in [-0.39, 0.29) is 5.78 Å². The fraction of sp³-hybridized carbons (Fsp3) is 0.562. The van der Waals surface area contributed by atoms with Gasteiger partial charge < -0.3 is 4.74 Å². The monoisotopic (exact) mass is 246 g/mol. The summed E-state index contributed by atoms with van der Waals surface area (Å²) in [6, 6.07) is 7.58. The summed E-state index contributed by atoms with van der Waals surface area (Å²) >= 11 is 0. The molecular weight excluding hydrogens is 224 g/mol. The second-order valence-corrected chi connectivity index (χ2v) is 5.16. The summed E-state index contributed by atoms with van der Waals surface area (Å²) < 4.78 is 5.77. The van der Waals surface area contributed by atoms with E-state index in [9.17, 15) is 4.79 Å². The van der Waals surface area contributed by atoms with E-state index in [1.54, 1.807) is 0 Å². The molecule has 0 N–H and O–H groups in total. The lowest BCUT2D eigenvalue weighted by atomic mass is 10.1. The largest absolute Gasteiger partial charge is 0.493 e. The first-order valence-electron chi connectivity index (χ1n) is 7.05. The summed E-state index contributed by atoms with van der Waals surface area (Å²) in [4.78, 5) is 11.7. The van der Waals surface area contributed by atoms with Gasteiger partial charge in [-0.25, -0.2) is 0 Å². The maximum absolute atomic E-state index is 11.7. The molecule has 0 amide bonds. The third kappa shape index (κ3) is 3.59. The van der Waals surface area contributed by atoms with Gasteiger partial charge >= 0.3 is 0 Å². The van der Waals surface area contributed by atoms with Gasteiger partial charge in [0.05, 0.1) is 6.61 Å². The van der Waals surface area contributed by atoms with Crippen LogP contribution in [0.25, 0.3) is 0 Å². The van der Waals surface area contributed by atoms with E-state index in [1.165, 1.54) is 25.7 Å². The lowest BCUT2D eigenvalue weighted by molar-refractivity contribution is 0.0981. The van der Waals surface area contributed by atoms with Crippen molar-refractivity contribution in [2.24, 2.45) is 5.92 Å². The Hall–Kier alpha value is -1.31. The Morgan fingerprint density at radius 3 is 2.50 bits per heavy atom. The molecule has 0 radical (unpaired) electrons. The van der Waals surface area contributed by atoms with Gasteiger partial charge in [0, 0.05) is 12.0 Å². The number of ketones is 1. The Kier molecular flexibility index (Phi) is 4.80. The predicted molar refractivity (Wildman–Crippen MR) is 73.1 cm³/mol. The van der Waals surface area contributed by atoms with Crippen LogP contribution < -0.4 is 4.74 Å². The average molecular weight is 246 g/mol. The summed E-state index contributed by atoms with van der Waals surface area (Å²) in [6.45, 7) is 2.85. The first-order chi connectivity index (χ1) is 8.79. The molecule has 0 unspecified atom stereocenters. The van der Waals surface area contributed by atoms with E-state index in [4.69, 9.17) is 4.74 Å². The maximum atomic E-state index is 11.7. The van der Waals surface area contributed by atoms with Crippen molar-refractivity contribution < 1.29 is 9.53 Å². The zero-order valence-electron chi connectivity index (χ0n) is 11.2. The Bertz CT molecular complexity index is 375. The van der Waals surface area contributed by atoms with Crippen LogP contribution in [0.15, 0.2) is 24.3 Å². The van der Waals surface area contributed by atoms with Gasteiger partial charge in [-0.3, -0.25) is 4.79 Å². The zero-order chi connectivity index (χ0) is 12.8. The second kappa shape index (κ2) is 6.58. The lowest BCUT2D eigenvalue weighted by Crippen LogP contribution is -2.08. The van der Waals surface area contributed by atoms with Crippen LogP contribution in [0.5, 0.6) is 5.75 Å². The first-order valence-corrected chi connectivity index (χ1v) is 7.05. The fourth-order valence-electron chi connectivity index (χ4n) is 2.50. The molecule has 1 aliphatic carbocycles. The smallest absolute Gasteiger partial charge is 0.162 e. The molecule has 98 valence electrons. The highest BCUT2D eigenvalue weighted by molar-refractivity contribution is 5.96. The van der Waals surface area contributed by atoms with Crippen molar-refractivity contribution in [2.75, 3.05) is 6.61 Å². The first kappa shape index (κ1) is 13.1. The zero-order valence-corrected chi connectivity index (χ0v) is 11.2. The van der Waals surface area contributed by atoms with Gasteiger partial charge in [-0.2, -0.15) is 0 Å². The van der Waals surface area contributed by atoms with Crippen LogP contribution in [-0.2, 0) is 0 Å². The molecule has 1 aliphatic rings. The summed E-state index contributed by atoms with van der Waals surface area (Å²) in [5.74, 6) is 1.83. The lowest BCUT2D eigenvalue weighted by Gasteiger charge is -2.11. The minimum atomic E-state index is 0.222. The second-order valence-electron chi connectivity index (χ2n) is 5.16. The van der Waals surface area contributed by atoms with E-state index in [1.807, 2.05) is 31.2 Å². The third-order valence-corrected chi connectivity index (χ3v) is 3.61. The molecule has 0 heterocycles. The molecule has 0 bridgehead atoms. The predicted octanol–water partition coefficient (Wildman–Crippen LogP) is 4.24. The van der Waals surface area contributed by atoms with E-state index in [2.05, 4.69) is 0 Å². The molecular formula is C16H22O2. The van der Waals surface area contributed by atoms with Crippen LogP contribution in [0.1, 0.15) is 55.8 Å². The van der Waals surface area contributed by atoms with Gasteiger partial charge in [0.1, 0.15) is 5.75 Å². The quantitative estimate of drug-likeness (QED) is 0.702. The normalized spacial score (nSPS) is 15.8. The fourth-order valence-corrected chi connectivity index (χ4v) is 2.50. The van der Waals surface area contributed by atoms with Crippen molar-refractivity contribution in [2.45, 2.75) is 45.4 Å². The summed E-state index contributed by atoms with van der Waals surface area (Å²) in [5.41, 5.74) is 0.796. The van der Waals surface area contributed by atoms with Crippen LogP contribution in [-0.4, -0.2) is 12.4 Å². The van der Waals surface area contributed by atoms with Gasteiger partial charge in [-0.1, -0.05) is 19.8 Å². The van der Waals surface area contributed by atoms with Gasteiger partial charge in [0.25, 0.3) is 0 Å². The molecule has 1 saturated carbocycles. The van der Waals surface area contributed by atoms with Crippen molar-refractivity contribution in [3.63, 3.8) is 0 Å². The van der Waals surface area contributed by atoms with E-state index < -0.39 is 0 Å². The van der Waals surface area contributed by atoms with E-state index >= 15 is 0 Å². The molecule has 2 rings (SSSR count). The van der Waals surface area contributed by atoms with E-state index in [0.29, 0.717) is 6.42 Å². The molecule has 1 fully saturated rings. The van der Waals surface area contributed by atoms with Crippen LogP contribution in [0, 0.1) is 5.92 Å². The number of carbonyl (C=O) groups is 1. The van der Waals surface area contributed by atoms with Crippen molar-refractivity contribution in [1.29, 1.82) is 0 Å². The van der Waals surface area contributed by atoms with Gasteiger partial charge in [-0.05, 0) is 49.4 Å². The standard InChI is InChI=1S/C16H22O2/c1-2-5-16(17)14-8-10-15(11-9-14)18-12-13-6-3-4-7-13/h8-11,13H,2-7,12H2,1H3. The summed E-state index contributed by atoms with van der Waals surface area (Å²) in [6.07, 6.45) is 6.82. The molecule has 0 saturated heterocycles. The number of Topliss-reactive ketones (excluding diaryl/α,β-unsaturated/α-hetero) is 1. The average Bonchev–Trinajstić information content (AvgIpc) is 2.90. The van der Waals surface area contributed by atoms with E-state index in [0.717, 1.165) is 30.3 Å². The molecule has 2 nitrogen and oxygen atoms in total. The molecule has 0 aromatic heterocycles. The van der Waals surface area contributed by atoms with Crippen LogP contribution >= 0.6 is 0 Å². The van der Waals surface area contributed by atoms with Crippen molar-refractivity contribution >= 4 is 5.78 Å². The number of carbonyl (C=O) groups excluding carboxylic acids is 1. The Morgan fingerprint density at radius 1 is 1.22 bits per heavy atom. The number of benzene rings is 1. The van der Waals surface area contributed by atoms with Crippen LogP contribution in [0.2, 0.25) is 0 Å². The molecule has 1 aromatic rings. The van der Waals surface area contributed by atoms with Gasteiger partial charge in [-0.15, -0.1) is 0 Å². The van der Waals surface area contributed by atoms with Gasteiger partial charge in [0.2, 0.25) is 0 Å². The molecule has 0 atom stereocenters. The highest BCUT2D eigenvalue weighted by atomic mass is 16.5. The number of hydrogen-bond acceptors (Lipinski definition) is 2. The Morgan fingerprint density at radius 2 is 1.89 bits per heavy atom. The van der Waals surface area contributed by atoms with Crippen LogP contribution in [0.3, 0.4) is 0 Å². The maximum Gasteiger partial charge on any atom is 0.162 e. The Balaban J connectivity index is 1.85. The molecule has 2 heteroatoms. The van der Waals surface area contributed by atoms with Crippen molar-refractivity contribution in [3.8, 4) is 5.75 Å². The van der Waals surface area contributed by atoms with Crippen molar-refractivity contribution in [3.05, 3.63) is 29.8 Å². The summed E-state index contributed by atoms with van der Waals surface area (Å²) in [7, 11) is 0. The third-order valence-electron chi connectivity index (χ3n) is 3.61. The van der Waals surface area contributed by atoms with Crippen molar-refractivity contribution in [1.82, 2.24) is 0 Å². The van der Waals surface area contributed by atoms with Crippen LogP contribution in [0.4, 0.5) is 0 Å². The highest BCUT2D eigenvalue weighted by Gasteiger charge is 2.15. The minimum Gasteiger partial charge on any atom is -0.493 e. The number of ether oxygens (including phenoxy) is 1. The molecule has 0 spiro atoms. The minimum absolute atomic E-state index is 0.222. The number of rotatable bonds is 6. The SMILES string of the molecule is CCCC(=O)c1ccc(OCC2CCCC2)cc1. The molecule has 1 aromatic carbocycles. The highest BCUT2D eigenvalue weighted by Crippen LogP contribution is 2.25. The number of hydrogen-bond donors (Lipinski definition) is 0. The topological polar surface area (TPSA) is 26.3 Å². The molecule has 18 heavy (non-hydrogen) atoms. The summed E-state index contributed by atoms with van der Waals surface area (Å²) in [5, 5.41) is 0. The van der Waals surface area contributed by atoms with Gasteiger partial charge in [0.15, 0.2) is 5.78 Å².